The standard InChI is InChI=1S/C10H23N3/c1-4-5-6-7-13(3)8-9(2)10(11)12/h9H,4-8H2,1-3H3,(H3,11,12). The average molecular weight is 185 g/mol. The lowest BCUT2D eigenvalue weighted by molar-refractivity contribution is 0.306. The molecule has 3 N–H and O–H groups in total. The van der Waals surface area contributed by atoms with Crippen molar-refractivity contribution in [2.24, 2.45) is 11.7 Å². The third-order valence-electron chi connectivity index (χ3n) is 2.26. The van der Waals surface area contributed by atoms with Crippen LogP contribution in [-0.4, -0.2) is 30.9 Å². The maximum atomic E-state index is 7.26. The van der Waals surface area contributed by atoms with Crippen LogP contribution in [0.2, 0.25) is 0 Å². The fourth-order valence-electron chi connectivity index (χ4n) is 1.29. The normalized spacial score (nSPS) is 13.2. The zero-order valence-corrected chi connectivity index (χ0v) is 9.14. The highest BCUT2D eigenvalue weighted by Gasteiger charge is 2.07. The number of hydrogen-bond donors (Lipinski definition) is 2. The summed E-state index contributed by atoms with van der Waals surface area (Å²) >= 11 is 0. The molecular formula is C10H23N3. The van der Waals surface area contributed by atoms with Crippen molar-refractivity contribution in [3.05, 3.63) is 0 Å². The summed E-state index contributed by atoms with van der Waals surface area (Å²) in [5.74, 6) is 0.481. The molecule has 0 radical (unpaired) electrons. The van der Waals surface area contributed by atoms with Gasteiger partial charge in [0.1, 0.15) is 0 Å². The lowest BCUT2D eigenvalue weighted by Gasteiger charge is -2.20. The number of unbranched alkanes of at least 4 members (excludes halogenated alkanes) is 2. The van der Waals surface area contributed by atoms with Crippen LogP contribution >= 0.6 is 0 Å². The smallest absolute Gasteiger partial charge is 0.0947 e. The highest BCUT2D eigenvalue weighted by atomic mass is 15.1. The zero-order valence-electron chi connectivity index (χ0n) is 9.14. The maximum absolute atomic E-state index is 7.26. The summed E-state index contributed by atoms with van der Waals surface area (Å²) in [5, 5.41) is 7.26. The van der Waals surface area contributed by atoms with Crippen molar-refractivity contribution in [3.63, 3.8) is 0 Å². The SMILES string of the molecule is CCCCCN(C)CC(C)C(=N)N. The van der Waals surface area contributed by atoms with Crippen LogP contribution in [0.15, 0.2) is 0 Å². The Morgan fingerprint density at radius 2 is 2.08 bits per heavy atom. The zero-order chi connectivity index (χ0) is 10.3. The van der Waals surface area contributed by atoms with Gasteiger partial charge in [-0.25, -0.2) is 0 Å². The molecule has 0 aliphatic heterocycles. The molecule has 0 spiro atoms. The summed E-state index contributed by atoms with van der Waals surface area (Å²) in [7, 11) is 2.09. The van der Waals surface area contributed by atoms with Gasteiger partial charge in [-0.1, -0.05) is 26.7 Å². The molecule has 0 rings (SSSR count). The Bertz CT molecular complexity index is 145. The van der Waals surface area contributed by atoms with Crippen molar-refractivity contribution in [2.75, 3.05) is 20.1 Å². The molecule has 0 heterocycles. The monoisotopic (exact) mass is 185 g/mol. The van der Waals surface area contributed by atoms with Crippen molar-refractivity contribution in [1.29, 1.82) is 5.41 Å². The molecule has 1 atom stereocenters. The topological polar surface area (TPSA) is 53.1 Å². The van der Waals surface area contributed by atoms with Gasteiger partial charge >= 0.3 is 0 Å². The molecule has 0 bridgehead atoms. The highest BCUT2D eigenvalue weighted by Crippen LogP contribution is 2.00. The first-order valence-electron chi connectivity index (χ1n) is 5.10. The van der Waals surface area contributed by atoms with E-state index in [9.17, 15) is 0 Å². The summed E-state index contributed by atoms with van der Waals surface area (Å²) in [5.41, 5.74) is 5.40. The molecule has 0 aromatic rings. The van der Waals surface area contributed by atoms with E-state index in [4.69, 9.17) is 11.1 Å². The molecule has 0 saturated heterocycles. The second-order valence-corrected chi connectivity index (χ2v) is 3.83. The van der Waals surface area contributed by atoms with E-state index in [1.54, 1.807) is 0 Å². The van der Waals surface area contributed by atoms with Crippen LogP contribution in [0.25, 0.3) is 0 Å². The number of amidine groups is 1. The molecule has 3 heteroatoms. The van der Waals surface area contributed by atoms with E-state index in [1.165, 1.54) is 19.3 Å². The third kappa shape index (κ3) is 6.58. The molecule has 13 heavy (non-hydrogen) atoms. The molecule has 0 aromatic carbocycles. The van der Waals surface area contributed by atoms with Gasteiger partial charge in [-0.2, -0.15) is 0 Å². The van der Waals surface area contributed by atoms with Crippen molar-refractivity contribution < 1.29 is 0 Å². The summed E-state index contributed by atoms with van der Waals surface area (Å²) in [4.78, 5) is 2.25. The number of nitrogens with one attached hydrogen (secondary N) is 1. The lowest BCUT2D eigenvalue weighted by Crippen LogP contribution is -2.32. The first kappa shape index (κ1) is 12.4. The Morgan fingerprint density at radius 1 is 1.46 bits per heavy atom. The molecule has 1 unspecified atom stereocenters. The fraction of sp³-hybridized carbons (Fsp3) is 0.900. The Morgan fingerprint density at radius 3 is 2.54 bits per heavy atom. The highest BCUT2D eigenvalue weighted by molar-refractivity contribution is 5.79. The molecule has 0 saturated carbocycles. The third-order valence-corrected chi connectivity index (χ3v) is 2.26. The van der Waals surface area contributed by atoms with Crippen molar-refractivity contribution >= 4 is 5.84 Å². The van der Waals surface area contributed by atoms with Gasteiger partial charge in [-0.15, -0.1) is 0 Å². The van der Waals surface area contributed by atoms with E-state index >= 15 is 0 Å². The van der Waals surface area contributed by atoms with E-state index in [2.05, 4.69) is 18.9 Å². The molecule has 0 fully saturated rings. The quantitative estimate of drug-likeness (QED) is 0.360. The van der Waals surface area contributed by atoms with Crippen molar-refractivity contribution in [3.8, 4) is 0 Å². The average Bonchev–Trinajstić information content (AvgIpc) is 2.04. The van der Waals surface area contributed by atoms with Gasteiger partial charge in [-0.05, 0) is 20.0 Å². The van der Waals surface area contributed by atoms with Crippen LogP contribution < -0.4 is 5.73 Å². The molecule has 0 aromatic heterocycles. The lowest BCUT2D eigenvalue weighted by atomic mass is 10.1. The van der Waals surface area contributed by atoms with Crippen LogP contribution in [0.4, 0.5) is 0 Å². The van der Waals surface area contributed by atoms with E-state index in [-0.39, 0.29) is 5.92 Å². The first-order valence-corrected chi connectivity index (χ1v) is 5.10. The predicted octanol–water partition coefficient (Wildman–Crippen LogP) is 1.68. The number of hydrogen-bond acceptors (Lipinski definition) is 2. The molecule has 0 aliphatic rings. The first-order chi connectivity index (χ1) is 6.07. The molecular weight excluding hydrogens is 162 g/mol. The Kier molecular flexibility index (Phi) is 6.59. The Labute approximate surface area is 81.8 Å². The van der Waals surface area contributed by atoms with E-state index < -0.39 is 0 Å². The van der Waals surface area contributed by atoms with Gasteiger partial charge in [0, 0.05) is 12.5 Å². The van der Waals surface area contributed by atoms with Crippen LogP contribution in [-0.2, 0) is 0 Å². The van der Waals surface area contributed by atoms with Gasteiger partial charge in [0.2, 0.25) is 0 Å². The maximum Gasteiger partial charge on any atom is 0.0947 e. The minimum atomic E-state index is 0.187. The van der Waals surface area contributed by atoms with Crippen molar-refractivity contribution in [1.82, 2.24) is 4.90 Å². The number of nitrogens with zero attached hydrogens (tertiary/aromatic N) is 1. The van der Waals surface area contributed by atoms with Gasteiger partial charge in [-0.3, -0.25) is 5.41 Å². The Hall–Kier alpha value is -0.570. The van der Waals surface area contributed by atoms with E-state index in [1.807, 2.05) is 6.92 Å². The summed E-state index contributed by atoms with van der Waals surface area (Å²) in [6, 6.07) is 0. The molecule has 3 nitrogen and oxygen atoms in total. The van der Waals surface area contributed by atoms with Gasteiger partial charge < -0.3 is 10.6 Å². The van der Waals surface area contributed by atoms with Gasteiger partial charge in [0.15, 0.2) is 0 Å². The Balaban J connectivity index is 3.49. The van der Waals surface area contributed by atoms with Gasteiger partial charge in [0.25, 0.3) is 0 Å². The minimum absolute atomic E-state index is 0.187. The largest absolute Gasteiger partial charge is 0.387 e. The molecule has 0 aliphatic carbocycles. The summed E-state index contributed by atoms with van der Waals surface area (Å²) in [6.45, 7) is 6.22. The van der Waals surface area contributed by atoms with E-state index in [0.717, 1.165) is 13.1 Å². The predicted molar refractivity (Wildman–Crippen MR) is 58.1 cm³/mol. The van der Waals surface area contributed by atoms with Crippen LogP contribution in [0.1, 0.15) is 33.1 Å². The molecule has 78 valence electrons. The van der Waals surface area contributed by atoms with Crippen LogP contribution in [0.3, 0.4) is 0 Å². The second-order valence-electron chi connectivity index (χ2n) is 3.83. The summed E-state index contributed by atoms with van der Waals surface area (Å²) in [6.07, 6.45) is 3.80. The minimum Gasteiger partial charge on any atom is -0.387 e. The van der Waals surface area contributed by atoms with Crippen LogP contribution in [0.5, 0.6) is 0 Å². The summed E-state index contributed by atoms with van der Waals surface area (Å²) < 4.78 is 0. The van der Waals surface area contributed by atoms with Gasteiger partial charge in [0.05, 0.1) is 5.84 Å². The fourth-order valence-corrected chi connectivity index (χ4v) is 1.29. The number of nitrogens with two attached hydrogens (primary N) is 1. The van der Waals surface area contributed by atoms with Crippen LogP contribution in [0, 0.1) is 11.3 Å². The molecule has 0 amide bonds. The number of rotatable bonds is 7. The second kappa shape index (κ2) is 6.89. The van der Waals surface area contributed by atoms with Crippen molar-refractivity contribution in [2.45, 2.75) is 33.1 Å². The van der Waals surface area contributed by atoms with E-state index in [0.29, 0.717) is 5.84 Å².